The Kier molecular flexibility index (Phi) is 6.05. The van der Waals surface area contributed by atoms with Crippen LogP contribution in [0, 0.1) is 5.92 Å². The summed E-state index contributed by atoms with van der Waals surface area (Å²) in [6.07, 6.45) is 3.05. The third-order valence-corrected chi connectivity index (χ3v) is 4.98. The van der Waals surface area contributed by atoms with Crippen LogP contribution >= 0.6 is 0 Å². The van der Waals surface area contributed by atoms with Gasteiger partial charge in [-0.05, 0) is 36.5 Å². The van der Waals surface area contributed by atoms with Crippen LogP contribution in [-0.4, -0.2) is 29.8 Å². The van der Waals surface area contributed by atoms with Gasteiger partial charge in [0.2, 0.25) is 11.8 Å². The monoisotopic (exact) mass is 350 g/mol. The predicted octanol–water partition coefficient (Wildman–Crippen LogP) is 3.67. The van der Waals surface area contributed by atoms with Gasteiger partial charge < -0.3 is 10.2 Å². The summed E-state index contributed by atoms with van der Waals surface area (Å²) in [6, 6.07) is 18.1. The fraction of sp³-hybridized carbons (Fsp3) is 0.364. The molecule has 2 aromatic rings. The summed E-state index contributed by atoms with van der Waals surface area (Å²) in [7, 11) is 0. The molecule has 3 rings (SSSR count). The molecule has 26 heavy (non-hydrogen) atoms. The standard InChI is InChI=1S/C22H26N2O2/c1-2-18-12-6-7-13-20(18)23-22(26)19-15-21(25)24(16-19)14-8-11-17-9-4-3-5-10-17/h3-7,9-10,12-13,19H,2,8,11,14-16H2,1H3,(H,23,26). The number of rotatable bonds is 7. The molecule has 0 spiro atoms. The van der Waals surface area contributed by atoms with E-state index in [9.17, 15) is 9.59 Å². The van der Waals surface area contributed by atoms with E-state index < -0.39 is 0 Å². The summed E-state index contributed by atoms with van der Waals surface area (Å²) < 4.78 is 0. The molecule has 1 atom stereocenters. The molecule has 0 saturated carbocycles. The van der Waals surface area contributed by atoms with Gasteiger partial charge in [0.25, 0.3) is 0 Å². The highest BCUT2D eigenvalue weighted by Crippen LogP contribution is 2.22. The fourth-order valence-electron chi connectivity index (χ4n) is 3.47. The summed E-state index contributed by atoms with van der Waals surface area (Å²) in [5.74, 6) is -0.226. The number of amides is 2. The quantitative estimate of drug-likeness (QED) is 0.828. The van der Waals surface area contributed by atoms with E-state index in [0.717, 1.165) is 30.5 Å². The maximum absolute atomic E-state index is 12.6. The number of hydrogen-bond acceptors (Lipinski definition) is 2. The first-order valence-corrected chi connectivity index (χ1v) is 9.38. The van der Waals surface area contributed by atoms with Crippen molar-refractivity contribution in [3.8, 4) is 0 Å². The molecule has 4 nitrogen and oxygen atoms in total. The van der Waals surface area contributed by atoms with Crippen molar-refractivity contribution in [1.82, 2.24) is 4.90 Å². The van der Waals surface area contributed by atoms with Gasteiger partial charge in [-0.3, -0.25) is 9.59 Å². The first-order valence-electron chi connectivity index (χ1n) is 9.38. The van der Waals surface area contributed by atoms with Crippen LogP contribution in [0.4, 0.5) is 5.69 Å². The number of nitrogens with zero attached hydrogens (tertiary/aromatic N) is 1. The Morgan fingerprint density at radius 3 is 2.62 bits per heavy atom. The summed E-state index contributed by atoms with van der Waals surface area (Å²) in [4.78, 5) is 26.7. The first kappa shape index (κ1) is 18.2. The van der Waals surface area contributed by atoms with Crippen LogP contribution in [0.1, 0.15) is 30.9 Å². The van der Waals surface area contributed by atoms with Gasteiger partial charge in [0.05, 0.1) is 5.92 Å². The normalized spacial score (nSPS) is 16.7. The first-order chi connectivity index (χ1) is 12.7. The molecule has 0 aromatic heterocycles. The van der Waals surface area contributed by atoms with Crippen molar-refractivity contribution < 1.29 is 9.59 Å². The molecule has 4 heteroatoms. The maximum Gasteiger partial charge on any atom is 0.229 e. The van der Waals surface area contributed by atoms with Crippen molar-refractivity contribution in [3.05, 3.63) is 65.7 Å². The molecule has 0 aliphatic carbocycles. The number of carbonyl (C=O) groups is 2. The lowest BCUT2D eigenvalue weighted by molar-refractivity contribution is -0.128. The van der Waals surface area contributed by atoms with Crippen LogP contribution in [0.25, 0.3) is 0 Å². The molecule has 1 heterocycles. The molecule has 2 aromatic carbocycles. The van der Waals surface area contributed by atoms with Crippen LogP contribution in [0.2, 0.25) is 0 Å². The summed E-state index contributed by atoms with van der Waals surface area (Å²) >= 11 is 0. The minimum absolute atomic E-state index is 0.0511. The van der Waals surface area contributed by atoms with Crippen LogP contribution in [0.3, 0.4) is 0 Å². The molecule has 1 N–H and O–H groups in total. The molecule has 1 aliphatic rings. The van der Waals surface area contributed by atoms with Crippen LogP contribution in [0.5, 0.6) is 0 Å². The van der Waals surface area contributed by atoms with Gasteiger partial charge in [-0.1, -0.05) is 55.5 Å². The van der Waals surface area contributed by atoms with Crippen molar-refractivity contribution in [2.45, 2.75) is 32.6 Å². The number of hydrogen-bond donors (Lipinski definition) is 1. The number of anilines is 1. The molecular weight excluding hydrogens is 324 g/mol. The number of nitrogens with one attached hydrogen (secondary N) is 1. The largest absolute Gasteiger partial charge is 0.342 e. The van der Waals surface area contributed by atoms with Crippen molar-refractivity contribution in [1.29, 1.82) is 0 Å². The topological polar surface area (TPSA) is 49.4 Å². The Bertz CT molecular complexity index is 758. The van der Waals surface area contributed by atoms with Crippen molar-refractivity contribution in [2.24, 2.45) is 5.92 Å². The lowest BCUT2D eigenvalue weighted by Gasteiger charge is -2.17. The van der Waals surface area contributed by atoms with Crippen LogP contribution in [-0.2, 0) is 22.4 Å². The van der Waals surface area contributed by atoms with E-state index in [4.69, 9.17) is 0 Å². The SMILES string of the molecule is CCc1ccccc1NC(=O)C1CC(=O)N(CCCc2ccccc2)C1. The van der Waals surface area contributed by atoms with E-state index in [0.29, 0.717) is 19.5 Å². The van der Waals surface area contributed by atoms with Gasteiger partial charge in [0, 0.05) is 25.2 Å². The summed E-state index contributed by atoms with van der Waals surface area (Å²) in [5, 5.41) is 3.01. The molecule has 136 valence electrons. The number of benzene rings is 2. The van der Waals surface area contributed by atoms with Crippen LogP contribution in [0.15, 0.2) is 54.6 Å². The van der Waals surface area contributed by atoms with Gasteiger partial charge >= 0.3 is 0 Å². The minimum atomic E-state index is -0.260. The second-order valence-electron chi connectivity index (χ2n) is 6.83. The molecular formula is C22H26N2O2. The van der Waals surface area contributed by atoms with E-state index in [-0.39, 0.29) is 17.7 Å². The van der Waals surface area contributed by atoms with Gasteiger partial charge in [0.1, 0.15) is 0 Å². The lowest BCUT2D eigenvalue weighted by Crippen LogP contribution is -2.29. The van der Waals surface area contributed by atoms with E-state index in [1.165, 1.54) is 5.56 Å². The smallest absolute Gasteiger partial charge is 0.229 e. The van der Waals surface area contributed by atoms with Gasteiger partial charge in [-0.25, -0.2) is 0 Å². The average molecular weight is 350 g/mol. The maximum atomic E-state index is 12.6. The highest BCUT2D eigenvalue weighted by molar-refractivity contribution is 5.97. The molecule has 1 saturated heterocycles. The number of para-hydroxylation sites is 1. The van der Waals surface area contributed by atoms with Gasteiger partial charge in [-0.2, -0.15) is 0 Å². The second-order valence-corrected chi connectivity index (χ2v) is 6.83. The Labute approximate surface area is 155 Å². The Balaban J connectivity index is 1.51. The third-order valence-electron chi connectivity index (χ3n) is 4.98. The van der Waals surface area contributed by atoms with Crippen molar-refractivity contribution in [3.63, 3.8) is 0 Å². The summed E-state index contributed by atoms with van der Waals surface area (Å²) in [6.45, 7) is 3.30. The zero-order valence-electron chi connectivity index (χ0n) is 15.3. The Hall–Kier alpha value is -2.62. The van der Waals surface area contributed by atoms with Crippen molar-refractivity contribution >= 4 is 17.5 Å². The Morgan fingerprint density at radius 2 is 1.85 bits per heavy atom. The minimum Gasteiger partial charge on any atom is -0.342 e. The lowest BCUT2D eigenvalue weighted by atomic mass is 10.1. The molecule has 0 radical (unpaired) electrons. The van der Waals surface area contributed by atoms with Gasteiger partial charge in [-0.15, -0.1) is 0 Å². The number of carbonyl (C=O) groups excluding carboxylic acids is 2. The average Bonchev–Trinajstić information content (AvgIpc) is 3.04. The van der Waals surface area contributed by atoms with Crippen LogP contribution < -0.4 is 5.32 Å². The molecule has 1 fully saturated rings. The predicted molar refractivity (Wildman–Crippen MR) is 104 cm³/mol. The van der Waals surface area contributed by atoms with E-state index in [1.54, 1.807) is 0 Å². The molecule has 1 unspecified atom stereocenters. The second kappa shape index (κ2) is 8.65. The summed E-state index contributed by atoms with van der Waals surface area (Å²) in [5.41, 5.74) is 3.25. The zero-order valence-corrected chi connectivity index (χ0v) is 15.3. The highest BCUT2D eigenvalue weighted by atomic mass is 16.2. The molecule has 0 bridgehead atoms. The fourth-order valence-corrected chi connectivity index (χ4v) is 3.47. The van der Waals surface area contributed by atoms with Gasteiger partial charge in [0.15, 0.2) is 0 Å². The molecule has 2 amide bonds. The Morgan fingerprint density at radius 1 is 1.12 bits per heavy atom. The van der Waals surface area contributed by atoms with E-state index in [2.05, 4.69) is 24.4 Å². The van der Waals surface area contributed by atoms with E-state index in [1.807, 2.05) is 47.4 Å². The van der Waals surface area contributed by atoms with Crippen molar-refractivity contribution in [2.75, 3.05) is 18.4 Å². The third kappa shape index (κ3) is 4.51. The van der Waals surface area contributed by atoms with E-state index >= 15 is 0 Å². The molecule has 1 aliphatic heterocycles. The zero-order chi connectivity index (χ0) is 18.4. The number of aryl methyl sites for hydroxylation is 2. The number of likely N-dealkylation sites (tertiary alicyclic amines) is 1. The highest BCUT2D eigenvalue weighted by Gasteiger charge is 2.34.